The van der Waals surface area contributed by atoms with Crippen molar-refractivity contribution >= 4 is 101 Å². The number of hydrogen-bond acceptors (Lipinski definition) is 9. The van der Waals surface area contributed by atoms with Crippen LogP contribution < -0.4 is 28.9 Å². The van der Waals surface area contributed by atoms with E-state index < -0.39 is 23.3 Å². The molecule has 122 heavy (non-hydrogen) atoms. The molecule has 0 atom stereocenters. The van der Waals surface area contributed by atoms with Gasteiger partial charge in [0.1, 0.15) is 17.2 Å². The van der Waals surface area contributed by atoms with Crippen LogP contribution >= 0.6 is 0 Å². The first-order valence-electron chi connectivity index (χ1n) is 40.8. The summed E-state index contributed by atoms with van der Waals surface area (Å²) in [6.07, 6.45) is 0.463. The Morgan fingerprint density at radius 2 is 0.426 bits per heavy atom. The van der Waals surface area contributed by atoms with Crippen LogP contribution in [0.3, 0.4) is 0 Å². The number of carbonyl (C=O) groups is 3. The van der Waals surface area contributed by atoms with Gasteiger partial charge >= 0.3 is 17.9 Å². The third-order valence-electron chi connectivity index (χ3n) is 22.8. The zero-order chi connectivity index (χ0) is 82.1. The van der Waals surface area contributed by atoms with Crippen LogP contribution in [0.1, 0.15) is 53.3 Å². The zero-order valence-electron chi connectivity index (χ0n) is 66.5. The Kier molecular flexibility index (Phi) is 21.2. The Bertz CT molecular complexity index is 6270. The van der Waals surface area contributed by atoms with Gasteiger partial charge in [0.2, 0.25) is 0 Å². The van der Waals surface area contributed by atoms with Crippen LogP contribution in [-0.2, 0) is 11.8 Å². The summed E-state index contributed by atoms with van der Waals surface area (Å²) in [6.45, 7) is 0. The quantitative estimate of drug-likeness (QED) is 0.0353. The van der Waals surface area contributed by atoms with Gasteiger partial charge in [0.05, 0.1) is 33.8 Å². The van der Waals surface area contributed by atoms with Gasteiger partial charge in [-0.05, 0) is 242 Å². The summed E-state index contributed by atoms with van der Waals surface area (Å²) in [5.74, 6) is -0.449. The molecule has 19 rings (SSSR count). The van der Waals surface area contributed by atoms with Crippen molar-refractivity contribution in [1.82, 2.24) is 0 Å². The van der Waals surface area contributed by atoms with Gasteiger partial charge < -0.3 is 28.9 Å². The van der Waals surface area contributed by atoms with Crippen LogP contribution in [0, 0.1) is 0 Å². The average molecular weight is 1570 g/mol. The molecular formula is C113H79N3O6. The molecule has 0 spiro atoms. The van der Waals surface area contributed by atoms with Crippen molar-refractivity contribution in [3.63, 3.8) is 0 Å². The van der Waals surface area contributed by atoms with Crippen LogP contribution in [0.5, 0.6) is 17.2 Å². The summed E-state index contributed by atoms with van der Waals surface area (Å²) in [6, 6.07) is 157. The van der Waals surface area contributed by atoms with Gasteiger partial charge in [-0.1, -0.05) is 303 Å². The molecule has 9 heteroatoms. The van der Waals surface area contributed by atoms with Gasteiger partial charge in [-0.25, -0.2) is 14.4 Å². The molecule has 0 saturated carbocycles. The van der Waals surface area contributed by atoms with E-state index in [1.54, 1.807) is 36.4 Å². The van der Waals surface area contributed by atoms with Crippen LogP contribution in [0.2, 0.25) is 0 Å². The second-order valence-corrected chi connectivity index (χ2v) is 30.2. The van der Waals surface area contributed by atoms with Crippen molar-refractivity contribution in [2.45, 2.75) is 11.8 Å². The van der Waals surface area contributed by atoms with Crippen LogP contribution in [0.4, 0.5) is 51.2 Å². The lowest BCUT2D eigenvalue weighted by Crippen LogP contribution is -2.32. The summed E-state index contributed by atoms with van der Waals surface area (Å²) in [7, 11) is 0. The summed E-state index contributed by atoms with van der Waals surface area (Å²) < 4.78 is 18.6. The van der Waals surface area contributed by atoms with Crippen molar-refractivity contribution in [2.24, 2.45) is 0 Å². The van der Waals surface area contributed by atoms with E-state index in [2.05, 4.69) is 300 Å². The van der Waals surface area contributed by atoms with Crippen molar-refractivity contribution in [1.29, 1.82) is 0 Å². The predicted octanol–water partition coefficient (Wildman–Crippen LogP) is 28.8. The summed E-state index contributed by atoms with van der Waals surface area (Å²) in [5, 5.41) is 6.94. The Hall–Kier alpha value is -16.2. The number of hydrogen-bond donors (Lipinski definition) is 0. The first kappa shape index (κ1) is 75.8. The van der Waals surface area contributed by atoms with Gasteiger partial charge in [0.15, 0.2) is 0 Å². The lowest BCUT2D eigenvalue weighted by atomic mass is 9.66. The Labute approximate surface area is 708 Å². The van der Waals surface area contributed by atoms with Crippen molar-refractivity contribution in [3.8, 4) is 50.6 Å². The summed E-state index contributed by atoms with van der Waals surface area (Å²) in [5.41, 5.74) is 19.1. The second-order valence-electron chi connectivity index (χ2n) is 30.2. The van der Waals surface area contributed by atoms with E-state index in [9.17, 15) is 14.4 Å². The number of fused-ring (bicyclic) bond motifs is 3. The van der Waals surface area contributed by atoms with E-state index in [1.807, 2.05) is 146 Å². The number of nitrogens with zero attached hydrogens (tertiary/aromatic N) is 3. The van der Waals surface area contributed by atoms with Crippen molar-refractivity contribution in [2.75, 3.05) is 14.7 Å². The third kappa shape index (κ3) is 15.8. The average Bonchev–Trinajstić information content (AvgIpc) is 0.741. The number of ether oxygens (including phenoxy) is 3. The van der Waals surface area contributed by atoms with E-state index in [1.165, 1.54) is 0 Å². The number of para-hydroxylation sites is 3. The highest BCUT2D eigenvalue weighted by atomic mass is 16.5. The van der Waals surface area contributed by atoms with Gasteiger partial charge in [-0.2, -0.15) is 0 Å². The highest BCUT2D eigenvalue weighted by Crippen LogP contribution is 2.47. The number of benzene rings is 19. The highest BCUT2D eigenvalue weighted by molar-refractivity contribution is 6.02. The Morgan fingerprint density at radius 3 is 0.697 bits per heavy atom. The number of esters is 3. The van der Waals surface area contributed by atoms with Gasteiger partial charge in [0, 0.05) is 55.7 Å². The first-order valence-corrected chi connectivity index (χ1v) is 40.8. The molecule has 19 aromatic carbocycles. The molecule has 0 fully saturated rings. The second kappa shape index (κ2) is 34.1. The maximum Gasteiger partial charge on any atom is 0.343 e. The molecule has 0 aromatic heterocycles. The molecule has 0 saturated heterocycles. The minimum atomic E-state index is -0.952. The highest BCUT2D eigenvalue weighted by Gasteiger charge is 2.38. The Morgan fingerprint density at radius 1 is 0.205 bits per heavy atom. The molecule has 0 aliphatic heterocycles. The normalized spacial score (nSPS) is 11.2. The third-order valence-corrected chi connectivity index (χ3v) is 22.8. The molecule has 0 aliphatic carbocycles. The molecular weight excluding hydrogens is 1500 g/mol. The standard InChI is InChI=1S/C113H79N3O6/c117-110(89-48-42-80(43-49-89)83-54-66-98(67-55-83)114(95-30-7-2-8-31-95)107-39-19-27-86-24-13-16-36-104(86)107)120-101-72-60-92(61-73-101)113(78-79-22-5-1-6-23-79,93-62-74-102(75-63-93)121-111(118)90-50-44-81(45-51-90)84-56-68-99(69-57-84)115(96-32-9-3-10-33-96)108-40-20-28-87-25-14-17-37-105(87)108)94-64-76-103(77-65-94)122-112(119)91-52-46-82(47-53-91)85-58-70-100(71-59-85)116(97-34-11-4-12-35-97)109-41-21-29-88-26-15-18-38-106(88)109/h1-77H,78H2. The van der Waals surface area contributed by atoms with Gasteiger partial charge in [-0.3, -0.25) is 0 Å². The van der Waals surface area contributed by atoms with Crippen LogP contribution in [0.15, 0.2) is 467 Å². The number of anilines is 9. The van der Waals surface area contributed by atoms with Crippen molar-refractivity contribution in [3.05, 3.63) is 506 Å². The Balaban J connectivity index is 0.587. The van der Waals surface area contributed by atoms with Gasteiger partial charge in [-0.15, -0.1) is 0 Å². The van der Waals surface area contributed by atoms with E-state index in [0.717, 1.165) is 139 Å². The molecule has 0 aliphatic rings. The topological polar surface area (TPSA) is 88.6 Å². The smallest absolute Gasteiger partial charge is 0.343 e. The number of carbonyl (C=O) groups excluding carboxylic acids is 3. The molecule has 19 aromatic rings. The van der Waals surface area contributed by atoms with Gasteiger partial charge in [0.25, 0.3) is 0 Å². The fourth-order valence-electron chi connectivity index (χ4n) is 16.7. The SMILES string of the molecule is O=C(Oc1ccc(C(Cc2ccccc2)(c2ccc(OC(=O)c3ccc(-c4ccc(N(c5ccccc5)c5cccc6ccccc56)cc4)cc3)cc2)c2ccc(OC(=O)c3ccc(-c4ccc(N(c5ccccc5)c5cccc6ccccc56)cc4)cc3)cc2)cc1)c1ccc(-c2ccc(N(c3ccccc3)c3cccc4ccccc34)cc2)cc1. The van der Waals surface area contributed by atoms with E-state index in [-0.39, 0.29) is 0 Å². The lowest BCUT2D eigenvalue weighted by molar-refractivity contribution is 0.0725. The molecule has 0 radical (unpaired) electrons. The summed E-state index contributed by atoms with van der Waals surface area (Å²) in [4.78, 5) is 49.5. The lowest BCUT2D eigenvalue weighted by Gasteiger charge is -2.36. The van der Waals surface area contributed by atoms with E-state index in [4.69, 9.17) is 14.2 Å². The minimum absolute atomic E-state index is 0.355. The molecule has 0 bridgehead atoms. The fourth-order valence-corrected chi connectivity index (χ4v) is 16.7. The maximum atomic E-state index is 14.2. The molecule has 0 amide bonds. The van der Waals surface area contributed by atoms with Crippen molar-refractivity contribution < 1.29 is 28.6 Å². The zero-order valence-corrected chi connectivity index (χ0v) is 66.5. The monoisotopic (exact) mass is 1570 g/mol. The van der Waals surface area contributed by atoms with E-state index >= 15 is 0 Å². The number of rotatable bonds is 23. The van der Waals surface area contributed by atoms with E-state index in [0.29, 0.717) is 40.4 Å². The largest absolute Gasteiger partial charge is 0.423 e. The van der Waals surface area contributed by atoms with Crippen LogP contribution in [-0.4, -0.2) is 17.9 Å². The fraction of sp³-hybridized carbons (Fsp3) is 0.0177. The molecule has 9 nitrogen and oxygen atoms in total. The molecule has 0 unspecified atom stereocenters. The maximum absolute atomic E-state index is 14.2. The first-order chi connectivity index (χ1) is 60.2. The molecule has 0 N–H and O–H groups in total. The molecule has 582 valence electrons. The van der Waals surface area contributed by atoms with Crippen LogP contribution in [0.25, 0.3) is 65.7 Å². The minimum Gasteiger partial charge on any atom is -0.423 e. The predicted molar refractivity (Wildman–Crippen MR) is 496 cm³/mol. The summed E-state index contributed by atoms with van der Waals surface area (Å²) >= 11 is 0. The molecule has 0 heterocycles.